The van der Waals surface area contributed by atoms with Crippen LogP contribution in [-0.4, -0.2) is 35.7 Å². The summed E-state index contributed by atoms with van der Waals surface area (Å²) in [7, 11) is 1.58. The van der Waals surface area contributed by atoms with Crippen molar-refractivity contribution in [3.05, 3.63) is 82.5 Å². The van der Waals surface area contributed by atoms with Crippen LogP contribution in [-0.2, 0) is 17.8 Å². The molecule has 0 aliphatic carbocycles. The van der Waals surface area contributed by atoms with Crippen molar-refractivity contribution in [1.29, 1.82) is 0 Å². The van der Waals surface area contributed by atoms with E-state index < -0.39 is 0 Å². The van der Waals surface area contributed by atoms with Gasteiger partial charge < -0.3 is 18.9 Å². The molecular formula is C27H29FN2O4. The van der Waals surface area contributed by atoms with E-state index in [4.69, 9.17) is 14.0 Å². The van der Waals surface area contributed by atoms with E-state index in [0.29, 0.717) is 31.1 Å². The first kappa shape index (κ1) is 23.5. The highest BCUT2D eigenvalue weighted by atomic mass is 19.1. The summed E-state index contributed by atoms with van der Waals surface area (Å²) in [4.78, 5) is 14.8. The van der Waals surface area contributed by atoms with Crippen LogP contribution < -0.4 is 9.47 Å². The number of aromatic nitrogens is 1. The zero-order valence-electron chi connectivity index (χ0n) is 19.7. The van der Waals surface area contributed by atoms with E-state index in [1.165, 1.54) is 6.07 Å². The summed E-state index contributed by atoms with van der Waals surface area (Å²) in [6.07, 6.45) is 5.89. The van der Waals surface area contributed by atoms with E-state index in [-0.39, 0.29) is 17.8 Å². The molecule has 34 heavy (non-hydrogen) atoms. The number of likely N-dealkylation sites (tertiary alicyclic amines) is 1. The van der Waals surface area contributed by atoms with Gasteiger partial charge in [-0.25, -0.2) is 4.39 Å². The third-order valence-corrected chi connectivity index (χ3v) is 6.18. The monoisotopic (exact) mass is 464 g/mol. The number of ether oxygens (including phenoxy) is 2. The summed E-state index contributed by atoms with van der Waals surface area (Å²) >= 11 is 0. The number of hydrogen-bond donors (Lipinski definition) is 0. The van der Waals surface area contributed by atoms with Crippen LogP contribution in [0.25, 0.3) is 6.08 Å². The molecule has 0 spiro atoms. The molecule has 1 atom stereocenters. The van der Waals surface area contributed by atoms with Crippen molar-refractivity contribution < 1.29 is 23.2 Å². The summed E-state index contributed by atoms with van der Waals surface area (Å²) in [5.74, 6) is 1.61. The first-order valence-corrected chi connectivity index (χ1v) is 11.4. The molecule has 0 N–H and O–H groups in total. The zero-order valence-corrected chi connectivity index (χ0v) is 19.7. The molecule has 0 saturated carbocycles. The Bertz CT molecular complexity index is 1170. The molecule has 0 radical (unpaired) electrons. The smallest absolute Gasteiger partial charge is 0.246 e. The second-order valence-electron chi connectivity index (χ2n) is 8.50. The van der Waals surface area contributed by atoms with Gasteiger partial charge in [0.25, 0.3) is 0 Å². The molecule has 2 aromatic carbocycles. The van der Waals surface area contributed by atoms with Crippen molar-refractivity contribution in [2.75, 3.05) is 13.7 Å². The number of carbonyl (C=O) groups excluding carboxylic acids is 1. The fourth-order valence-electron chi connectivity index (χ4n) is 4.30. The normalized spacial score (nSPS) is 15.8. The van der Waals surface area contributed by atoms with Gasteiger partial charge in [0.2, 0.25) is 5.91 Å². The van der Waals surface area contributed by atoms with E-state index in [1.807, 2.05) is 43.0 Å². The summed E-state index contributed by atoms with van der Waals surface area (Å²) in [6.45, 7) is 4.76. The van der Waals surface area contributed by atoms with E-state index in [0.717, 1.165) is 41.0 Å². The molecule has 1 amide bonds. The third kappa shape index (κ3) is 5.47. The number of methoxy groups -OCH3 is 1. The Balaban J connectivity index is 1.40. The molecule has 1 aliphatic heterocycles. The Labute approximate surface area is 199 Å². The Morgan fingerprint density at radius 3 is 2.82 bits per heavy atom. The number of benzene rings is 2. The minimum Gasteiger partial charge on any atom is -0.493 e. The molecule has 1 aromatic heterocycles. The summed E-state index contributed by atoms with van der Waals surface area (Å²) in [5, 5.41) is 3.94. The van der Waals surface area contributed by atoms with Crippen LogP contribution in [0.1, 0.15) is 41.0 Å². The Kier molecular flexibility index (Phi) is 7.30. The summed E-state index contributed by atoms with van der Waals surface area (Å²) < 4.78 is 30.1. The fraction of sp³-hybridized carbons (Fsp3) is 0.333. The molecular weight excluding hydrogens is 435 g/mol. The summed E-state index contributed by atoms with van der Waals surface area (Å²) in [5.41, 5.74) is 3.45. The fourth-order valence-corrected chi connectivity index (χ4v) is 4.30. The largest absolute Gasteiger partial charge is 0.493 e. The van der Waals surface area contributed by atoms with Crippen molar-refractivity contribution >= 4 is 12.0 Å². The highest BCUT2D eigenvalue weighted by Gasteiger charge is 2.27. The number of halogens is 1. The molecule has 178 valence electrons. The molecule has 3 aromatic rings. The Morgan fingerprint density at radius 2 is 2.09 bits per heavy atom. The first-order valence-electron chi connectivity index (χ1n) is 11.4. The minimum absolute atomic E-state index is 0.0448. The molecule has 1 saturated heterocycles. The van der Waals surface area contributed by atoms with Crippen molar-refractivity contribution in [2.45, 2.75) is 45.8 Å². The maximum absolute atomic E-state index is 13.5. The number of amides is 1. The Morgan fingerprint density at radius 1 is 1.24 bits per heavy atom. The molecule has 6 nitrogen and oxygen atoms in total. The van der Waals surface area contributed by atoms with Gasteiger partial charge in [0, 0.05) is 18.7 Å². The van der Waals surface area contributed by atoms with Gasteiger partial charge in [0.05, 0.1) is 18.4 Å². The maximum Gasteiger partial charge on any atom is 0.246 e. The molecule has 2 heterocycles. The average Bonchev–Trinajstić information content (AvgIpc) is 3.42. The van der Waals surface area contributed by atoms with Gasteiger partial charge in [-0.1, -0.05) is 23.4 Å². The number of aryl methyl sites for hydroxylation is 2. The average molecular weight is 465 g/mol. The molecule has 0 bridgehead atoms. The van der Waals surface area contributed by atoms with Gasteiger partial charge in [-0.05, 0) is 74.6 Å². The van der Waals surface area contributed by atoms with Crippen LogP contribution >= 0.6 is 0 Å². The van der Waals surface area contributed by atoms with Crippen molar-refractivity contribution in [1.82, 2.24) is 10.1 Å². The van der Waals surface area contributed by atoms with Crippen LogP contribution in [0.5, 0.6) is 11.5 Å². The quantitative estimate of drug-likeness (QED) is 0.425. The van der Waals surface area contributed by atoms with Crippen LogP contribution in [0.15, 0.2) is 53.1 Å². The van der Waals surface area contributed by atoms with E-state index in [1.54, 1.807) is 31.4 Å². The third-order valence-electron chi connectivity index (χ3n) is 6.18. The highest BCUT2D eigenvalue weighted by Crippen LogP contribution is 2.30. The van der Waals surface area contributed by atoms with Gasteiger partial charge in [0.15, 0.2) is 11.5 Å². The lowest BCUT2D eigenvalue weighted by Gasteiger charge is -2.23. The molecule has 4 rings (SSSR count). The van der Waals surface area contributed by atoms with Crippen LogP contribution in [0.3, 0.4) is 0 Å². The maximum atomic E-state index is 13.5. The van der Waals surface area contributed by atoms with Gasteiger partial charge in [-0.3, -0.25) is 4.79 Å². The standard InChI is InChI=1S/C27H29FN2O4/c1-18-24(19(2)34-29-18)17-33-25-11-9-20(16-26(25)32-3)10-12-27(31)30-13-5-8-23(30)15-21-6-4-7-22(28)14-21/h4,6-7,9-12,14,16,23H,5,8,13,15,17H2,1-3H3/b12-10+. The minimum atomic E-state index is -0.249. The SMILES string of the molecule is COc1cc(/C=C/C(=O)N2CCCC2Cc2cccc(F)c2)ccc1OCc1c(C)noc1C. The van der Waals surface area contributed by atoms with Crippen LogP contribution in [0.2, 0.25) is 0 Å². The highest BCUT2D eigenvalue weighted by molar-refractivity contribution is 5.92. The lowest BCUT2D eigenvalue weighted by atomic mass is 10.0. The van der Waals surface area contributed by atoms with Crippen molar-refractivity contribution in [3.63, 3.8) is 0 Å². The van der Waals surface area contributed by atoms with Crippen LogP contribution in [0.4, 0.5) is 4.39 Å². The van der Waals surface area contributed by atoms with Crippen molar-refractivity contribution in [2.24, 2.45) is 0 Å². The van der Waals surface area contributed by atoms with E-state index in [2.05, 4.69) is 5.16 Å². The topological polar surface area (TPSA) is 64.8 Å². The summed E-state index contributed by atoms with van der Waals surface area (Å²) in [6, 6.07) is 12.2. The van der Waals surface area contributed by atoms with E-state index >= 15 is 0 Å². The molecule has 7 heteroatoms. The lowest BCUT2D eigenvalue weighted by Crippen LogP contribution is -2.35. The Hall–Kier alpha value is -3.61. The lowest BCUT2D eigenvalue weighted by molar-refractivity contribution is -0.126. The predicted octanol–water partition coefficient (Wildman–Crippen LogP) is 5.27. The predicted molar refractivity (Wildman–Crippen MR) is 127 cm³/mol. The molecule has 1 unspecified atom stereocenters. The van der Waals surface area contributed by atoms with E-state index in [9.17, 15) is 9.18 Å². The van der Waals surface area contributed by atoms with Crippen LogP contribution in [0, 0.1) is 19.7 Å². The van der Waals surface area contributed by atoms with Gasteiger partial charge in [-0.2, -0.15) is 0 Å². The number of carbonyl (C=O) groups is 1. The number of nitrogens with zero attached hydrogens (tertiary/aromatic N) is 2. The molecule has 1 aliphatic rings. The van der Waals surface area contributed by atoms with Gasteiger partial charge >= 0.3 is 0 Å². The number of hydrogen-bond acceptors (Lipinski definition) is 5. The first-order chi connectivity index (χ1) is 16.4. The number of rotatable bonds is 8. The van der Waals surface area contributed by atoms with Gasteiger partial charge in [-0.15, -0.1) is 0 Å². The zero-order chi connectivity index (χ0) is 24.1. The molecule has 1 fully saturated rings. The van der Waals surface area contributed by atoms with Crippen molar-refractivity contribution in [3.8, 4) is 11.5 Å². The van der Waals surface area contributed by atoms with Gasteiger partial charge in [0.1, 0.15) is 18.2 Å². The second-order valence-corrected chi connectivity index (χ2v) is 8.50. The second kappa shape index (κ2) is 10.5.